The van der Waals surface area contributed by atoms with Gasteiger partial charge in [-0.25, -0.2) is 4.79 Å². The Morgan fingerprint density at radius 3 is 2.62 bits per heavy atom. The van der Waals surface area contributed by atoms with Gasteiger partial charge in [-0.2, -0.15) is 0 Å². The normalized spacial score (nSPS) is 17.3. The van der Waals surface area contributed by atoms with Crippen LogP contribution in [0.1, 0.15) is 12.0 Å². The Morgan fingerprint density at radius 1 is 0.962 bits per heavy atom. The van der Waals surface area contributed by atoms with Crippen LogP contribution >= 0.6 is 0 Å². The molecule has 4 nitrogen and oxygen atoms in total. The van der Waals surface area contributed by atoms with Crippen LogP contribution in [0.3, 0.4) is 0 Å². The van der Waals surface area contributed by atoms with E-state index < -0.39 is 0 Å². The van der Waals surface area contributed by atoms with E-state index in [-0.39, 0.29) is 12.1 Å². The van der Waals surface area contributed by atoms with Gasteiger partial charge in [0.25, 0.3) is 0 Å². The molecule has 4 rings (SSSR count). The Labute approximate surface area is 153 Å². The van der Waals surface area contributed by atoms with E-state index in [1.807, 2.05) is 36.4 Å². The third kappa shape index (κ3) is 3.86. The van der Waals surface area contributed by atoms with Gasteiger partial charge in [0.1, 0.15) is 0 Å². The Hall–Kier alpha value is -2.85. The highest BCUT2D eigenvalue weighted by atomic mass is 16.2. The molecule has 1 atom stereocenters. The summed E-state index contributed by atoms with van der Waals surface area (Å²) in [6, 6.07) is 24.6. The molecule has 0 aromatic heterocycles. The van der Waals surface area contributed by atoms with E-state index in [9.17, 15) is 4.79 Å². The molecule has 4 heteroatoms. The molecule has 1 heterocycles. The van der Waals surface area contributed by atoms with Crippen LogP contribution in [0.4, 0.5) is 10.5 Å². The Balaban J connectivity index is 1.34. The summed E-state index contributed by atoms with van der Waals surface area (Å²) < 4.78 is 0. The van der Waals surface area contributed by atoms with E-state index in [1.54, 1.807) is 0 Å². The van der Waals surface area contributed by atoms with Crippen molar-refractivity contribution in [3.63, 3.8) is 0 Å². The van der Waals surface area contributed by atoms with Crippen LogP contribution in [0.15, 0.2) is 72.8 Å². The number of hydrogen-bond acceptors (Lipinski definition) is 2. The van der Waals surface area contributed by atoms with Crippen molar-refractivity contribution in [1.29, 1.82) is 0 Å². The SMILES string of the molecule is O=C(Nc1cccc2ccccc12)N[C@H]1CCN(Cc2ccccc2)C1. The number of benzene rings is 3. The van der Waals surface area contributed by atoms with Gasteiger partial charge in [-0.1, -0.05) is 66.7 Å². The van der Waals surface area contributed by atoms with E-state index in [1.165, 1.54) is 5.56 Å². The number of urea groups is 1. The standard InChI is InChI=1S/C22H23N3O/c26-22(24-21-12-6-10-18-9-4-5-11-20(18)21)23-19-13-14-25(16-19)15-17-7-2-1-3-8-17/h1-12,19H,13-16H2,(H2,23,24,26)/t19-/m0/s1. The van der Waals surface area contributed by atoms with Gasteiger partial charge in [0.05, 0.1) is 5.69 Å². The number of nitrogens with zero attached hydrogens (tertiary/aromatic N) is 1. The second-order valence-electron chi connectivity index (χ2n) is 6.83. The second kappa shape index (κ2) is 7.58. The monoisotopic (exact) mass is 345 g/mol. The van der Waals surface area contributed by atoms with Gasteiger partial charge in [0.2, 0.25) is 0 Å². The number of likely N-dealkylation sites (tertiary alicyclic amines) is 1. The first-order chi connectivity index (χ1) is 12.8. The lowest BCUT2D eigenvalue weighted by Crippen LogP contribution is -2.39. The van der Waals surface area contributed by atoms with Crippen LogP contribution < -0.4 is 10.6 Å². The molecule has 0 radical (unpaired) electrons. The third-order valence-electron chi connectivity index (χ3n) is 4.89. The molecule has 3 aromatic rings. The molecule has 132 valence electrons. The fourth-order valence-corrected chi connectivity index (χ4v) is 3.61. The molecule has 0 bridgehead atoms. The zero-order valence-corrected chi connectivity index (χ0v) is 14.7. The number of nitrogens with one attached hydrogen (secondary N) is 2. The van der Waals surface area contributed by atoms with Crippen LogP contribution in [-0.4, -0.2) is 30.1 Å². The van der Waals surface area contributed by atoms with Crippen molar-refractivity contribution in [3.8, 4) is 0 Å². The minimum atomic E-state index is -0.132. The molecule has 0 spiro atoms. The van der Waals surface area contributed by atoms with E-state index in [0.29, 0.717) is 0 Å². The number of carbonyl (C=O) groups is 1. The lowest BCUT2D eigenvalue weighted by Gasteiger charge is -2.17. The summed E-state index contributed by atoms with van der Waals surface area (Å²) in [4.78, 5) is 14.8. The lowest BCUT2D eigenvalue weighted by molar-refractivity contribution is 0.247. The van der Waals surface area contributed by atoms with Crippen LogP contribution in [0.25, 0.3) is 10.8 Å². The molecule has 0 aliphatic carbocycles. The number of hydrogen-bond donors (Lipinski definition) is 2. The van der Waals surface area contributed by atoms with Gasteiger partial charge in [0.15, 0.2) is 0 Å². The molecule has 1 saturated heterocycles. The van der Waals surface area contributed by atoms with Crippen molar-refractivity contribution >= 4 is 22.5 Å². The second-order valence-corrected chi connectivity index (χ2v) is 6.83. The fourth-order valence-electron chi connectivity index (χ4n) is 3.61. The van der Waals surface area contributed by atoms with Gasteiger partial charge >= 0.3 is 6.03 Å². The number of anilines is 1. The zero-order valence-electron chi connectivity index (χ0n) is 14.7. The molecule has 0 unspecified atom stereocenters. The highest BCUT2D eigenvalue weighted by molar-refractivity contribution is 6.01. The van der Waals surface area contributed by atoms with Crippen molar-refractivity contribution in [2.75, 3.05) is 18.4 Å². The summed E-state index contributed by atoms with van der Waals surface area (Å²) >= 11 is 0. The number of amides is 2. The maximum Gasteiger partial charge on any atom is 0.319 e. The Kier molecular flexibility index (Phi) is 4.84. The molecular formula is C22H23N3O. The Morgan fingerprint density at radius 2 is 1.73 bits per heavy atom. The smallest absolute Gasteiger partial charge is 0.319 e. The molecule has 3 aromatic carbocycles. The van der Waals surface area contributed by atoms with Gasteiger partial charge in [-0.15, -0.1) is 0 Å². The Bertz CT molecular complexity index is 889. The van der Waals surface area contributed by atoms with Crippen LogP contribution in [0, 0.1) is 0 Å². The van der Waals surface area contributed by atoms with Gasteiger partial charge in [-0.3, -0.25) is 4.90 Å². The summed E-state index contributed by atoms with van der Waals surface area (Å²) in [5.74, 6) is 0. The highest BCUT2D eigenvalue weighted by Crippen LogP contribution is 2.23. The molecule has 1 aliphatic rings. The first-order valence-corrected chi connectivity index (χ1v) is 9.09. The average molecular weight is 345 g/mol. The third-order valence-corrected chi connectivity index (χ3v) is 4.89. The first kappa shape index (κ1) is 16.6. The van der Waals surface area contributed by atoms with Crippen LogP contribution in [0.5, 0.6) is 0 Å². The topological polar surface area (TPSA) is 44.4 Å². The maximum atomic E-state index is 12.4. The molecule has 1 aliphatic heterocycles. The van der Waals surface area contributed by atoms with E-state index in [2.05, 4.69) is 51.9 Å². The van der Waals surface area contributed by atoms with Crippen LogP contribution in [0.2, 0.25) is 0 Å². The molecule has 2 amide bonds. The largest absolute Gasteiger partial charge is 0.334 e. The van der Waals surface area contributed by atoms with Crippen molar-refractivity contribution in [1.82, 2.24) is 10.2 Å². The van der Waals surface area contributed by atoms with Crippen molar-refractivity contribution in [3.05, 3.63) is 78.4 Å². The summed E-state index contributed by atoms with van der Waals surface area (Å²) in [7, 11) is 0. The minimum absolute atomic E-state index is 0.132. The van der Waals surface area contributed by atoms with Crippen LogP contribution in [-0.2, 0) is 6.54 Å². The molecule has 26 heavy (non-hydrogen) atoms. The first-order valence-electron chi connectivity index (χ1n) is 9.09. The summed E-state index contributed by atoms with van der Waals surface area (Å²) in [5, 5.41) is 8.31. The maximum absolute atomic E-state index is 12.4. The molecular weight excluding hydrogens is 322 g/mol. The fraction of sp³-hybridized carbons (Fsp3) is 0.227. The number of fused-ring (bicyclic) bond motifs is 1. The summed E-state index contributed by atoms with van der Waals surface area (Å²) in [6.45, 7) is 2.83. The highest BCUT2D eigenvalue weighted by Gasteiger charge is 2.23. The minimum Gasteiger partial charge on any atom is -0.334 e. The van der Waals surface area contributed by atoms with Gasteiger partial charge in [-0.05, 0) is 23.4 Å². The van der Waals surface area contributed by atoms with Crippen molar-refractivity contribution in [2.24, 2.45) is 0 Å². The predicted molar refractivity (Wildman–Crippen MR) is 106 cm³/mol. The predicted octanol–water partition coefficient (Wildman–Crippen LogP) is 4.24. The number of rotatable bonds is 4. The average Bonchev–Trinajstić information content (AvgIpc) is 3.09. The van der Waals surface area contributed by atoms with Crippen molar-refractivity contribution in [2.45, 2.75) is 19.0 Å². The van der Waals surface area contributed by atoms with Crippen molar-refractivity contribution < 1.29 is 4.79 Å². The molecule has 2 N–H and O–H groups in total. The van der Waals surface area contributed by atoms with E-state index >= 15 is 0 Å². The van der Waals surface area contributed by atoms with Gasteiger partial charge in [0, 0.05) is 31.1 Å². The quantitative estimate of drug-likeness (QED) is 0.743. The van der Waals surface area contributed by atoms with Gasteiger partial charge < -0.3 is 10.6 Å². The number of carbonyl (C=O) groups excluding carboxylic acids is 1. The lowest BCUT2D eigenvalue weighted by atomic mass is 10.1. The molecule has 0 saturated carbocycles. The van der Waals surface area contributed by atoms with E-state index in [0.717, 1.165) is 42.5 Å². The summed E-state index contributed by atoms with van der Waals surface area (Å²) in [6.07, 6.45) is 0.982. The molecule has 1 fully saturated rings. The zero-order chi connectivity index (χ0) is 17.8. The van der Waals surface area contributed by atoms with E-state index in [4.69, 9.17) is 0 Å². The summed E-state index contributed by atoms with van der Waals surface area (Å²) in [5.41, 5.74) is 2.16.